The molecule has 0 saturated carbocycles. The molecular weight excluding hydrogens is 330 g/mol. The maximum Gasteiger partial charge on any atom is 0.244 e. The lowest BCUT2D eigenvalue weighted by Crippen LogP contribution is -2.38. The molecule has 3 aliphatic rings. The van der Waals surface area contributed by atoms with Crippen LogP contribution in [0.15, 0.2) is 36.4 Å². The van der Waals surface area contributed by atoms with Crippen LogP contribution < -0.4 is 10.2 Å². The summed E-state index contributed by atoms with van der Waals surface area (Å²) in [5.74, 6) is -1.36. The van der Waals surface area contributed by atoms with Gasteiger partial charge in [0, 0.05) is 24.5 Å². The molecule has 2 atom stereocenters. The predicted octanol–water partition coefficient (Wildman–Crippen LogP) is 2.18. The van der Waals surface area contributed by atoms with E-state index in [9.17, 15) is 14.4 Å². The molecule has 136 valence electrons. The number of hydrogen-bond acceptors (Lipinski definition) is 4. The van der Waals surface area contributed by atoms with E-state index in [2.05, 4.69) is 10.2 Å². The van der Waals surface area contributed by atoms with Gasteiger partial charge in [0.1, 0.15) is 6.54 Å². The Morgan fingerprint density at radius 2 is 1.54 bits per heavy atom. The lowest BCUT2D eigenvalue weighted by atomic mass is 9.85. The van der Waals surface area contributed by atoms with Gasteiger partial charge in [0.15, 0.2) is 0 Å². The van der Waals surface area contributed by atoms with Gasteiger partial charge in [0.2, 0.25) is 17.7 Å². The van der Waals surface area contributed by atoms with Crippen molar-refractivity contribution in [3.8, 4) is 0 Å². The minimum absolute atomic E-state index is 0.210. The Morgan fingerprint density at radius 1 is 0.962 bits per heavy atom. The van der Waals surface area contributed by atoms with Crippen molar-refractivity contribution in [2.45, 2.75) is 25.7 Å². The van der Waals surface area contributed by atoms with Gasteiger partial charge in [-0.2, -0.15) is 0 Å². The third kappa shape index (κ3) is 3.11. The number of nitrogens with zero attached hydrogens (tertiary/aromatic N) is 2. The summed E-state index contributed by atoms with van der Waals surface area (Å²) in [5, 5.41) is 2.79. The largest absolute Gasteiger partial charge is 0.372 e. The molecule has 2 saturated heterocycles. The van der Waals surface area contributed by atoms with Gasteiger partial charge in [-0.1, -0.05) is 12.2 Å². The highest BCUT2D eigenvalue weighted by Crippen LogP contribution is 2.34. The van der Waals surface area contributed by atoms with E-state index in [1.54, 1.807) is 0 Å². The summed E-state index contributed by atoms with van der Waals surface area (Å²) in [6.45, 7) is 1.93. The average Bonchev–Trinajstić information content (AvgIpc) is 3.27. The van der Waals surface area contributed by atoms with E-state index in [-0.39, 0.29) is 36.1 Å². The molecule has 0 unspecified atom stereocenters. The van der Waals surface area contributed by atoms with Gasteiger partial charge in [0.05, 0.1) is 11.8 Å². The van der Waals surface area contributed by atoms with Crippen molar-refractivity contribution in [2.24, 2.45) is 11.8 Å². The van der Waals surface area contributed by atoms with Gasteiger partial charge in [0.25, 0.3) is 0 Å². The van der Waals surface area contributed by atoms with Crippen molar-refractivity contribution in [3.63, 3.8) is 0 Å². The zero-order valence-electron chi connectivity index (χ0n) is 14.7. The number of carbonyl (C=O) groups is 3. The van der Waals surface area contributed by atoms with Crippen molar-refractivity contribution in [1.82, 2.24) is 4.90 Å². The normalized spacial score (nSPS) is 24.9. The lowest BCUT2D eigenvalue weighted by molar-refractivity contribution is -0.142. The molecule has 2 fully saturated rings. The second-order valence-electron chi connectivity index (χ2n) is 7.21. The minimum atomic E-state index is -0.341. The molecule has 3 amide bonds. The van der Waals surface area contributed by atoms with E-state index in [1.165, 1.54) is 12.8 Å². The SMILES string of the molecule is O=C(CN1C(=O)[C@@H]2CC=CC[C@H]2C1=O)Nc1ccc(N2CCCC2)cc1. The molecule has 2 heterocycles. The van der Waals surface area contributed by atoms with Gasteiger partial charge < -0.3 is 10.2 Å². The van der Waals surface area contributed by atoms with Gasteiger partial charge in [-0.15, -0.1) is 0 Å². The first kappa shape index (κ1) is 16.8. The highest BCUT2D eigenvalue weighted by molar-refractivity contribution is 6.08. The maximum atomic E-state index is 12.4. The number of imide groups is 1. The summed E-state index contributed by atoms with van der Waals surface area (Å²) in [6, 6.07) is 7.71. The fourth-order valence-corrected chi connectivity index (χ4v) is 4.10. The van der Waals surface area contributed by atoms with Crippen LogP contribution in [0, 0.1) is 11.8 Å². The minimum Gasteiger partial charge on any atom is -0.372 e. The van der Waals surface area contributed by atoms with Crippen molar-refractivity contribution in [2.75, 3.05) is 29.9 Å². The highest BCUT2D eigenvalue weighted by Gasteiger charge is 2.47. The highest BCUT2D eigenvalue weighted by atomic mass is 16.2. The van der Waals surface area contributed by atoms with Crippen LogP contribution in [0.5, 0.6) is 0 Å². The average molecular weight is 353 g/mol. The predicted molar refractivity (Wildman–Crippen MR) is 98.6 cm³/mol. The molecule has 6 nitrogen and oxygen atoms in total. The summed E-state index contributed by atoms with van der Waals surface area (Å²) < 4.78 is 0. The topological polar surface area (TPSA) is 69.7 Å². The smallest absolute Gasteiger partial charge is 0.244 e. The molecule has 1 N–H and O–H groups in total. The molecule has 0 radical (unpaired) electrons. The van der Waals surface area contributed by atoms with Crippen LogP contribution >= 0.6 is 0 Å². The number of benzene rings is 1. The van der Waals surface area contributed by atoms with Crippen LogP contribution in [-0.2, 0) is 14.4 Å². The van der Waals surface area contributed by atoms with Gasteiger partial charge in [-0.25, -0.2) is 0 Å². The Kier molecular flexibility index (Phi) is 4.49. The summed E-state index contributed by atoms with van der Waals surface area (Å²) in [6.07, 6.45) is 7.49. The number of anilines is 2. The lowest BCUT2D eigenvalue weighted by Gasteiger charge is -2.18. The number of carbonyl (C=O) groups excluding carboxylic acids is 3. The molecule has 26 heavy (non-hydrogen) atoms. The number of rotatable bonds is 4. The first-order valence-electron chi connectivity index (χ1n) is 9.28. The molecule has 1 aromatic rings. The maximum absolute atomic E-state index is 12.4. The molecule has 1 aromatic carbocycles. The van der Waals surface area contributed by atoms with Crippen LogP contribution in [-0.4, -0.2) is 42.3 Å². The van der Waals surface area contributed by atoms with Crippen LogP contribution in [0.1, 0.15) is 25.7 Å². The molecular formula is C20H23N3O3. The first-order chi connectivity index (χ1) is 12.6. The zero-order valence-corrected chi connectivity index (χ0v) is 14.7. The van der Waals surface area contributed by atoms with Gasteiger partial charge in [-0.05, 0) is 49.9 Å². The van der Waals surface area contributed by atoms with Crippen LogP contribution in [0.4, 0.5) is 11.4 Å². The molecule has 1 aliphatic carbocycles. The Morgan fingerprint density at radius 3 is 2.12 bits per heavy atom. The van der Waals surface area contributed by atoms with Crippen molar-refractivity contribution >= 4 is 29.1 Å². The van der Waals surface area contributed by atoms with Crippen molar-refractivity contribution in [1.29, 1.82) is 0 Å². The van der Waals surface area contributed by atoms with E-state index in [0.717, 1.165) is 23.7 Å². The molecule has 4 rings (SSSR count). The monoisotopic (exact) mass is 353 g/mol. The first-order valence-corrected chi connectivity index (χ1v) is 9.28. The number of nitrogens with one attached hydrogen (secondary N) is 1. The number of likely N-dealkylation sites (tertiary alicyclic amines) is 1. The molecule has 2 aliphatic heterocycles. The van der Waals surface area contributed by atoms with Crippen molar-refractivity contribution in [3.05, 3.63) is 36.4 Å². The molecule has 0 aromatic heterocycles. The zero-order chi connectivity index (χ0) is 18.1. The Labute approximate surface area is 152 Å². The van der Waals surface area contributed by atoms with E-state index in [4.69, 9.17) is 0 Å². The summed E-state index contributed by atoms with van der Waals surface area (Å²) in [5.41, 5.74) is 1.83. The fraction of sp³-hybridized carbons (Fsp3) is 0.450. The van der Waals surface area contributed by atoms with Crippen LogP contribution in [0.25, 0.3) is 0 Å². The standard InChI is InChI=1S/C20H23N3O3/c24-18(13-23-19(25)16-5-1-2-6-17(16)20(23)26)21-14-7-9-15(10-8-14)22-11-3-4-12-22/h1-2,7-10,16-17H,3-6,11-13H2,(H,21,24)/t16-,17-/m1/s1. The second-order valence-corrected chi connectivity index (χ2v) is 7.21. The third-order valence-electron chi connectivity index (χ3n) is 5.52. The van der Waals surface area contributed by atoms with E-state index < -0.39 is 0 Å². The fourth-order valence-electron chi connectivity index (χ4n) is 4.10. The van der Waals surface area contributed by atoms with Crippen LogP contribution in [0.3, 0.4) is 0 Å². The van der Waals surface area contributed by atoms with Gasteiger partial charge in [-0.3, -0.25) is 19.3 Å². The molecule has 0 spiro atoms. The number of allylic oxidation sites excluding steroid dienone is 2. The Hall–Kier alpha value is -2.63. The van der Waals surface area contributed by atoms with Gasteiger partial charge >= 0.3 is 0 Å². The van der Waals surface area contributed by atoms with E-state index in [0.29, 0.717) is 18.5 Å². The van der Waals surface area contributed by atoms with Crippen LogP contribution in [0.2, 0.25) is 0 Å². The Balaban J connectivity index is 1.36. The summed E-state index contributed by atoms with van der Waals surface area (Å²) in [7, 11) is 0. The summed E-state index contributed by atoms with van der Waals surface area (Å²) >= 11 is 0. The Bertz CT molecular complexity index is 724. The van der Waals surface area contributed by atoms with E-state index in [1.807, 2.05) is 36.4 Å². The molecule has 0 bridgehead atoms. The number of amides is 3. The quantitative estimate of drug-likeness (QED) is 0.665. The van der Waals surface area contributed by atoms with E-state index >= 15 is 0 Å². The molecule has 6 heteroatoms. The number of hydrogen-bond donors (Lipinski definition) is 1. The number of fused-ring (bicyclic) bond motifs is 1. The van der Waals surface area contributed by atoms with Crippen molar-refractivity contribution < 1.29 is 14.4 Å². The third-order valence-corrected chi connectivity index (χ3v) is 5.52. The summed E-state index contributed by atoms with van der Waals surface area (Å²) in [4.78, 5) is 40.6. The second kappa shape index (κ2) is 6.94.